The van der Waals surface area contributed by atoms with Crippen LogP contribution in [0.4, 0.5) is 10.5 Å². The molecular formula is C19H25N3O3. The molecule has 0 bridgehead atoms. The van der Waals surface area contributed by atoms with Gasteiger partial charge >= 0.3 is 6.03 Å². The van der Waals surface area contributed by atoms with Crippen LogP contribution < -0.4 is 15.5 Å². The molecule has 6 nitrogen and oxygen atoms in total. The lowest BCUT2D eigenvalue weighted by Gasteiger charge is -2.21. The Bertz CT molecular complexity index is 660. The van der Waals surface area contributed by atoms with Crippen LogP contribution in [0.2, 0.25) is 0 Å². The van der Waals surface area contributed by atoms with E-state index in [1.54, 1.807) is 12.1 Å². The molecule has 0 spiro atoms. The molecule has 0 aliphatic carbocycles. The van der Waals surface area contributed by atoms with Crippen molar-refractivity contribution in [2.24, 2.45) is 0 Å². The summed E-state index contributed by atoms with van der Waals surface area (Å²) in [5.41, 5.74) is 1.18. The number of carbonyl (C=O) groups is 1. The average Bonchev–Trinajstić information content (AvgIpc) is 3.27. The van der Waals surface area contributed by atoms with E-state index in [2.05, 4.69) is 27.7 Å². The molecule has 2 aromatic rings. The Hall–Kier alpha value is -2.47. The summed E-state index contributed by atoms with van der Waals surface area (Å²) in [6.45, 7) is 3.61. The third-order valence-electron chi connectivity index (χ3n) is 4.47. The molecule has 6 heteroatoms. The van der Waals surface area contributed by atoms with Crippen LogP contribution in [-0.4, -0.2) is 36.3 Å². The first kappa shape index (κ1) is 17.4. The Morgan fingerprint density at radius 2 is 2.12 bits per heavy atom. The molecule has 3 rings (SSSR count). The van der Waals surface area contributed by atoms with E-state index >= 15 is 0 Å². The number of nitrogens with one attached hydrogen (secondary N) is 2. The number of hydrogen-bond acceptors (Lipinski definition) is 4. The highest BCUT2D eigenvalue weighted by Crippen LogP contribution is 2.20. The lowest BCUT2D eigenvalue weighted by Crippen LogP contribution is -2.46. The van der Waals surface area contributed by atoms with E-state index in [9.17, 15) is 9.90 Å². The predicted octanol–water partition coefficient (Wildman–Crippen LogP) is 2.67. The monoisotopic (exact) mass is 343 g/mol. The van der Waals surface area contributed by atoms with Crippen LogP contribution in [0.15, 0.2) is 53.1 Å². The van der Waals surface area contributed by atoms with Gasteiger partial charge in [-0.3, -0.25) is 0 Å². The Morgan fingerprint density at radius 3 is 2.84 bits per heavy atom. The van der Waals surface area contributed by atoms with Crippen molar-refractivity contribution >= 4 is 11.7 Å². The number of anilines is 1. The van der Waals surface area contributed by atoms with Crippen molar-refractivity contribution < 1.29 is 14.3 Å². The number of hydrogen-bond donors (Lipinski definition) is 3. The zero-order valence-corrected chi connectivity index (χ0v) is 14.4. The zero-order chi connectivity index (χ0) is 17.6. The third kappa shape index (κ3) is 4.76. The second-order valence-corrected chi connectivity index (χ2v) is 6.55. The van der Waals surface area contributed by atoms with Gasteiger partial charge in [0, 0.05) is 37.3 Å². The van der Waals surface area contributed by atoms with Gasteiger partial charge in [0.15, 0.2) is 0 Å². The molecule has 1 saturated heterocycles. The van der Waals surface area contributed by atoms with E-state index in [0.717, 1.165) is 19.5 Å². The van der Waals surface area contributed by atoms with E-state index in [0.29, 0.717) is 12.2 Å². The smallest absolute Gasteiger partial charge is 0.315 e. The maximum atomic E-state index is 12.2. The molecule has 1 aliphatic heterocycles. The summed E-state index contributed by atoms with van der Waals surface area (Å²) < 4.78 is 5.18. The fraction of sp³-hybridized carbons (Fsp3) is 0.421. The molecule has 1 aromatic carbocycles. The van der Waals surface area contributed by atoms with Gasteiger partial charge in [-0.15, -0.1) is 0 Å². The van der Waals surface area contributed by atoms with Crippen LogP contribution >= 0.6 is 0 Å². The maximum Gasteiger partial charge on any atom is 0.315 e. The summed E-state index contributed by atoms with van der Waals surface area (Å²) in [4.78, 5) is 14.4. The standard InChI is InChI=1S/C19H25N3O3/c1-14(12-17(23)18-8-5-11-25-18)20-19(24)21-15-9-10-22(13-15)16-6-3-2-4-7-16/h2-8,11,14-15,17,23H,9-10,12-13H2,1H3,(H2,20,21,24)/t14-,15+,17-/m1/s1. The normalized spacial score (nSPS) is 19.4. The van der Waals surface area contributed by atoms with Gasteiger partial charge in [-0.25, -0.2) is 4.79 Å². The Morgan fingerprint density at radius 1 is 1.32 bits per heavy atom. The lowest BCUT2D eigenvalue weighted by molar-refractivity contribution is 0.129. The minimum Gasteiger partial charge on any atom is -0.467 e. The molecule has 3 atom stereocenters. The van der Waals surface area contributed by atoms with Crippen molar-refractivity contribution in [3.63, 3.8) is 0 Å². The van der Waals surface area contributed by atoms with Crippen molar-refractivity contribution in [3.8, 4) is 0 Å². The van der Waals surface area contributed by atoms with Crippen LogP contribution in [0.25, 0.3) is 0 Å². The van der Waals surface area contributed by atoms with E-state index in [-0.39, 0.29) is 18.1 Å². The number of nitrogens with zero attached hydrogens (tertiary/aromatic N) is 1. The van der Waals surface area contributed by atoms with Crippen LogP contribution in [-0.2, 0) is 0 Å². The highest BCUT2D eigenvalue weighted by Gasteiger charge is 2.24. The van der Waals surface area contributed by atoms with Crippen molar-refractivity contribution in [1.29, 1.82) is 0 Å². The number of urea groups is 1. The van der Waals surface area contributed by atoms with Gasteiger partial charge in [0.1, 0.15) is 11.9 Å². The number of furan rings is 1. The first-order valence-corrected chi connectivity index (χ1v) is 8.70. The maximum absolute atomic E-state index is 12.2. The number of benzene rings is 1. The van der Waals surface area contributed by atoms with Gasteiger partial charge in [-0.05, 0) is 37.6 Å². The summed E-state index contributed by atoms with van der Waals surface area (Å²) in [5.74, 6) is 0.517. The van der Waals surface area contributed by atoms with Crippen LogP contribution in [0.3, 0.4) is 0 Å². The van der Waals surface area contributed by atoms with Crippen molar-refractivity contribution in [2.75, 3.05) is 18.0 Å². The van der Waals surface area contributed by atoms with E-state index in [1.165, 1.54) is 12.0 Å². The fourth-order valence-electron chi connectivity index (χ4n) is 3.19. The molecule has 2 amide bonds. The quantitative estimate of drug-likeness (QED) is 0.753. The summed E-state index contributed by atoms with van der Waals surface area (Å²) >= 11 is 0. The minimum absolute atomic E-state index is 0.127. The van der Waals surface area contributed by atoms with Gasteiger partial charge in [-0.2, -0.15) is 0 Å². The topological polar surface area (TPSA) is 77.7 Å². The molecule has 0 saturated carbocycles. The second-order valence-electron chi connectivity index (χ2n) is 6.55. The zero-order valence-electron chi connectivity index (χ0n) is 14.4. The molecule has 1 fully saturated rings. The number of amides is 2. The van der Waals surface area contributed by atoms with Crippen molar-refractivity contribution in [1.82, 2.24) is 10.6 Å². The van der Waals surface area contributed by atoms with E-state index in [4.69, 9.17) is 4.42 Å². The summed E-state index contributed by atoms with van der Waals surface area (Å²) in [6, 6.07) is 13.5. The molecule has 2 heterocycles. The molecular weight excluding hydrogens is 318 g/mol. The highest BCUT2D eigenvalue weighted by atomic mass is 16.4. The first-order valence-electron chi connectivity index (χ1n) is 8.70. The van der Waals surface area contributed by atoms with Crippen LogP contribution in [0.1, 0.15) is 31.6 Å². The summed E-state index contributed by atoms with van der Waals surface area (Å²) in [5, 5.41) is 16.0. The Kier molecular flexibility index (Phi) is 5.60. The van der Waals surface area contributed by atoms with Crippen LogP contribution in [0.5, 0.6) is 0 Å². The van der Waals surface area contributed by atoms with Crippen molar-refractivity contribution in [2.45, 2.75) is 38.0 Å². The van der Waals surface area contributed by atoms with Crippen molar-refractivity contribution in [3.05, 3.63) is 54.5 Å². The van der Waals surface area contributed by atoms with Gasteiger partial charge in [0.25, 0.3) is 0 Å². The molecule has 1 aromatic heterocycles. The van der Waals surface area contributed by atoms with Gasteiger partial charge in [-0.1, -0.05) is 18.2 Å². The summed E-state index contributed by atoms with van der Waals surface area (Å²) in [7, 11) is 0. The molecule has 0 unspecified atom stereocenters. The number of aliphatic hydroxyl groups is 1. The third-order valence-corrected chi connectivity index (χ3v) is 4.47. The molecule has 134 valence electrons. The number of aliphatic hydroxyl groups excluding tert-OH is 1. The molecule has 0 radical (unpaired) electrons. The van der Waals surface area contributed by atoms with Gasteiger partial charge < -0.3 is 25.1 Å². The Balaban J connectivity index is 1.42. The van der Waals surface area contributed by atoms with Gasteiger partial charge in [0.05, 0.1) is 6.26 Å². The molecule has 25 heavy (non-hydrogen) atoms. The number of carbonyl (C=O) groups excluding carboxylic acids is 1. The van der Waals surface area contributed by atoms with Crippen LogP contribution in [0, 0.1) is 0 Å². The first-order chi connectivity index (χ1) is 12.1. The molecule has 3 N–H and O–H groups in total. The minimum atomic E-state index is -0.717. The second kappa shape index (κ2) is 8.07. The van der Waals surface area contributed by atoms with E-state index in [1.807, 2.05) is 25.1 Å². The van der Waals surface area contributed by atoms with E-state index < -0.39 is 6.10 Å². The lowest BCUT2D eigenvalue weighted by atomic mass is 10.1. The SMILES string of the molecule is C[C@H](C[C@@H](O)c1ccco1)NC(=O)N[C@H]1CCN(c2ccccc2)C1. The highest BCUT2D eigenvalue weighted by molar-refractivity contribution is 5.74. The number of para-hydroxylation sites is 1. The number of rotatable bonds is 6. The molecule has 1 aliphatic rings. The Labute approximate surface area is 147 Å². The van der Waals surface area contributed by atoms with Gasteiger partial charge in [0.2, 0.25) is 0 Å². The summed E-state index contributed by atoms with van der Waals surface area (Å²) in [6.07, 6.45) is 2.14. The fourth-order valence-corrected chi connectivity index (χ4v) is 3.19. The predicted molar refractivity (Wildman–Crippen MR) is 96.5 cm³/mol. The average molecular weight is 343 g/mol. The largest absolute Gasteiger partial charge is 0.467 e.